The number of fused-ring (bicyclic) bond motifs is 5. The van der Waals surface area contributed by atoms with Gasteiger partial charge < -0.3 is 24.3 Å². The summed E-state index contributed by atoms with van der Waals surface area (Å²) in [7, 11) is 0. The van der Waals surface area contributed by atoms with Gasteiger partial charge in [0.2, 0.25) is 0 Å². The third-order valence-corrected chi connectivity index (χ3v) is 11.3. The van der Waals surface area contributed by atoms with Gasteiger partial charge in [-0.2, -0.15) is 0 Å². The zero-order valence-corrected chi connectivity index (χ0v) is 21.1. The lowest BCUT2D eigenvalue weighted by Crippen LogP contribution is -2.63. The van der Waals surface area contributed by atoms with Gasteiger partial charge in [-0.15, -0.1) is 0 Å². The standard InChI is InChI=1S/C29H43NO4/c1-26-10-7-23(31)19-21(26)5-6-25-24(26)8-11-27(2)28(25,32)12-13-29(27,22-9-17-33-20-22)34-18-16-30-14-3-4-15-30/h5,9,17,20,23-25,31-32H,3-4,6-8,10-16,18-19H2,1-2H3/t23-,24-,25+,26-,27-,28-,29-/m0/s1. The molecule has 0 radical (unpaired) electrons. The Morgan fingerprint density at radius 2 is 1.91 bits per heavy atom. The van der Waals surface area contributed by atoms with Gasteiger partial charge >= 0.3 is 0 Å². The van der Waals surface area contributed by atoms with Crippen LogP contribution in [0.1, 0.15) is 83.6 Å². The van der Waals surface area contributed by atoms with Crippen LogP contribution in [0.25, 0.3) is 0 Å². The Hall–Kier alpha value is -1.14. The van der Waals surface area contributed by atoms with Crippen molar-refractivity contribution in [3.63, 3.8) is 0 Å². The maximum atomic E-state index is 12.7. The van der Waals surface area contributed by atoms with Crippen molar-refractivity contribution < 1.29 is 19.4 Å². The van der Waals surface area contributed by atoms with Crippen LogP contribution in [0, 0.1) is 22.7 Å². The SMILES string of the molecule is C[C@]12CC[C@H]3[C@@H](CC=C4C[C@@H](O)CC[C@@]43C)[C@@]1(O)CC[C@]2(OCCN1CCCC1)c1ccoc1. The predicted molar refractivity (Wildman–Crippen MR) is 131 cm³/mol. The first-order valence-electron chi connectivity index (χ1n) is 13.8. The van der Waals surface area contributed by atoms with Gasteiger partial charge in [-0.05, 0) is 101 Å². The van der Waals surface area contributed by atoms with Crippen molar-refractivity contribution in [1.29, 1.82) is 0 Å². The van der Waals surface area contributed by atoms with Crippen LogP contribution in [-0.2, 0) is 10.3 Å². The number of aliphatic hydroxyl groups is 2. The Balaban J connectivity index is 1.33. The number of nitrogens with zero attached hydrogens (tertiary/aromatic N) is 1. The second-order valence-corrected chi connectivity index (χ2v) is 12.5. The molecule has 5 nitrogen and oxygen atoms in total. The number of hydrogen-bond acceptors (Lipinski definition) is 5. The molecule has 0 spiro atoms. The lowest BCUT2D eigenvalue weighted by molar-refractivity contribution is -0.233. The normalized spacial score (nSPS) is 46.6. The van der Waals surface area contributed by atoms with E-state index in [1.807, 2.05) is 6.26 Å². The minimum Gasteiger partial charge on any atom is -0.472 e. The van der Waals surface area contributed by atoms with Crippen molar-refractivity contribution in [3.8, 4) is 0 Å². The summed E-state index contributed by atoms with van der Waals surface area (Å²) in [6.45, 7) is 8.74. The minimum absolute atomic E-state index is 0.108. The highest BCUT2D eigenvalue weighted by Gasteiger charge is 2.72. The Labute approximate surface area is 204 Å². The summed E-state index contributed by atoms with van der Waals surface area (Å²) in [5.41, 5.74) is 1.03. The number of furan rings is 1. The van der Waals surface area contributed by atoms with Gasteiger partial charge in [-0.3, -0.25) is 0 Å². The van der Waals surface area contributed by atoms with Crippen LogP contribution in [0.15, 0.2) is 34.7 Å². The van der Waals surface area contributed by atoms with Crippen LogP contribution >= 0.6 is 0 Å². The fourth-order valence-corrected chi connectivity index (χ4v) is 9.23. The second-order valence-electron chi connectivity index (χ2n) is 12.5. The maximum absolute atomic E-state index is 12.7. The molecule has 4 fully saturated rings. The molecule has 1 saturated heterocycles. The van der Waals surface area contributed by atoms with Gasteiger partial charge in [0.1, 0.15) is 5.60 Å². The van der Waals surface area contributed by atoms with Crippen LogP contribution in [0.5, 0.6) is 0 Å². The Morgan fingerprint density at radius 1 is 1.09 bits per heavy atom. The largest absolute Gasteiger partial charge is 0.472 e. The molecule has 7 atom stereocenters. The summed E-state index contributed by atoms with van der Waals surface area (Å²) >= 11 is 0. The van der Waals surface area contributed by atoms with Gasteiger partial charge in [0.05, 0.1) is 30.8 Å². The fourth-order valence-electron chi connectivity index (χ4n) is 9.23. The van der Waals surface area contributed by atoms with E-state index in [1.54, 1.807) is 6.26 Å². The lowest BCUT2D eigenvalue weighted by atomic mass is 9.45. The van der Waals surface area contributed by atoms with Crippen molar-refractivity contribution >= 4 is 0 Å². The molecule has 1 aromatic heterocycles. The minimum atomic E-state index is -0.762. The van der Waals surface area contributed by atoms with Crippen LogP contribution in [0.3, 0.4) is 0 Å². The van der Waals surface area contributed by atoms with Crippen molar-refractivity contribution in [2.24, 2.45) is 22.7 Å². The third kappa shape index (κ3) is 3.12. The van der Waals surface area contributed by atoms with Crippen LogP contribution in [0.2, 0.25) is 0 Å². The van der Waals surface area contributed by atoms with Gasteiger partial charge in [0.25, 0.3) is 0 Å². The van der Waals surface area contributed by atoms with Crippen LogP contribution in [0.4, 0.5) is 0 Å². The Morgan fingerprint density at radius 3 is 2.68 bits per heavy atom. The molecule has 0 aromatic carbocycles. The summed E-state index contributed by atoms with van der Waals surface area (Å²) in [5.74, 6) is 0.717. The number of aliphatic hydroxyl groups excluding tert-OH is 1. The van der Waals surface area contributed by atoms with E-state index in [4.69, 9.17) is 9.15 Å². The summed E-state index contributed by atoms with van der Waals surface area (Å²) in [6.07, 6.45) is 15.7. The number of ether oxygens (including phenoxy) is 1. The summed E-state index contributed by atoms with van der Waals surface area (Å²) in [5, 5.41) is 23.0. The van der Waals surface area contributed by atoms with Crippen molar-refractivity contribution in [2.75, 3.05) is 26.2 Å². The molecule has 0 unspecified atom stereocenters. The van der Waals surface area contributed by atoms with E-state index < -0.39 is 11.2 Å². The number of hydrogen-bond donors (Lipinski definition) is 2. The predicted octanol–water partition coefficient (Wildman–Crippen LogP) is 5.03. The molecular weight excluding hydrogens is 426 g/mol. The first-order chi connectivity index (χ1) is 16.3. The molecule has 1 aliphatic heterocycles. The highest BCUT2D eigenvalue weighted by molar-refractivity contribution is 5.34. The molecule has 0 bridgehead atoms. The molecule has 5 aliphatic rings. The fraction of sp³-hybridized carbons (Fsp3) is 0.793. The first kappa shape index (κ1) is 23.3. The average Bonchev–Trinajstić information content (AvgIpc) is 3.57. The zero-order chi connectivity index (χ0) is 23.6. The molecule has 0 amide bonds. The molecule has 6 rings (SSSR count). The highest BCUT2D eigenvalue weighted by atomic mass is 16.5. The maximum Gasteiger partial charge on any atom is 0.104 e. The summed E-state index contributed by atoms with van der Waals surface area (Å²) in [6, 6.07) is 2.07. The van der Waals surface area contributed by atoms with Crippen molar-refractivity contribution in [3.05, 3.63) is 35.8 Å². The van der Waals surface area contributed by atoms with Gasteiger partial charge in [0.15, 0.2) is 0 Å². The summed E-state index contributed by atoms with van der Waals surface area (Å²) in [4.78, 5) is 2.51. The second kappa shape index (κ2) is 8.19. The first-order valence-corrected chi connectivity index (χ1v) is 13.8. The molecule has 4 aliphatic carbocycles. The quantitative estimate of drug-likeness (QED) is 0.593. The topological polar surface area (TPSA) is 66.1 Å². The number of rotatable bonds is 5. The molecule has 5 heteroatoms. The van der Waals surface area contributed by atoms with E-state index in [0.717, 1.165) is 63.5 Å². The van der Waals surface area contributed by atoms with E-state index in [9.17, 15) is 10.2 Å². The smallest absolute Gasteiger partial charge is 0.104 e. The number of allylic oxidation sites excluding steroid dienone is 1. The van der Waals surface area contributed by atoms with E-state index in [2.05, 4.69) is 30.9 Å². The van der Waals surface area contributed by atoms with E-state index in [-0.39, 0.29) is 22.9 Å². The van der Waals surface area contributed by atoms with Crippen LogP contribution in [-0.4, -0.2) is 53.1 Å². The Kier molecular flexibility index (Phi) is 5.61. The lowest BCUT2D eigenvalue weighted by Gasteiger charge is -2.62. The monoisotopic (exact) mass is 469 g/mol. The average molecular weight is 470 g/mol. The van der Waals surface area contributed by atoms with E-state index in [1.165, 1.54) is 31.5 Å². The van der Waals surface area contributed by atoms with Gasteiger partial charge in [-0.1, -0.05) is 25.5 Å². The molecule has 2 heterocycles. The summed E-state index contributed by atoms with van der Waals surface area (Å²) < 4.78 is 12.5. The van der Waals surface area contributed by atoms with Crippen LogP contribution < -0.4 is 0 Å². The Bertz CT molecular complexity index is 923. The zero-order valence-electron chi connectivity index (χ0n) is 21.1. The van der Waals surface area contributed by atoms with Crippen molar-refractivity contribution in [2.45, 2.75) is 95.4 Å². The molecule has 1 aromatic rings. The van der Waals surface area contributed by atoms with Crippen molar-refractivity contribution in [1.82, 2.24) is 4.90 Å². The highest BCUT2D eigenvalue weighted by Crippen LogP contribution is 2.71. The third-order valence-electron chi connectivity index (χ3n) is 11.3. The molecule has 2 N–H and O–H groups in total. The molecular formula is C29H43NO4. The molecule has 3 saturated carbocycles. The van der Waals surface area contributed by atoms with Gasteiger partial charge in [-0.25, -0.2) is 0 Å². The molecule has 34 heavy (non-hydrogen) atoms. The van der Waals surface area contributed by atoms with E-state index in [0.29, 0.717) is 12.5 Å². The van der Waals surface area contributed by atoms with E-state index >= 15 is 0 Å². The van der Waals surface area contributed by atoms with Gasteiger partial charge in [0, 0.05) is 17.5 Å². The number of likely N-dealkylation sites (tertiary alicyclic amines) is 1. The molecule has 188 valence electrons.